The highest BCUT2D eigenvalue weighted by Crippen LogP contribution is 2.49. The fraction of sp³-hybridized carbons (Fsp3) is 0.538. The van der Waals surface area contributed by atoms with Crippen molar-refractivity contribution in [3.63, 3.8) is 0 Å². The van der Waals surface area contributed by atoms with Gasteiger partial charge in [0.2, 0.25) is 0 Å². The Balaban J connectivity index is 2.03. The van der Waals surface area contributed by atoms with Crippen LogP contribution in [-0.4, -0.2) is 32.6 Å². The Morgan fingerprint density at radius 1 is 0.533 bits per heavy atom. The van der Waals surface area contributed by atoms with Crippen LogP contribution in [0.3, 0.4) is 0 Å². The molecular weight excluding hydrogens is 402 g/mol. The van der Waals surface area contributed by atoms with Gasteiger partial charge < -0.3 is 0 Å². The number of pyridine rings is 2. The van der Waals surface area contributed by atoms with Crippen LogP contribution < -0.4 is 0 Å². The molecule has 0 fully saturated rings. The van der Waals surface area contributed by atoms with E-state index in [0.717, 1.165) is 46.0 Å². The van der Waals surface area contributed by atoms with E-state index in [9.17, 15) is 0 Å². The number of hydrogen-bond donors (Lipinski definition) is 0. The summed E-state index contributed by atoms with van der Waals surface area (Å²) in [4.78, 5) is 10.3. The van der Waals surface area contributed by atoms with E-state index in [1.54, 1.807) is 0 Å². The molecule has 0 saturated heterocycles. The molecule has 2 nitrogen and oxygen atoms in total. The number of aromatic nitrogens is 2. The lowest BCUT2D eigenvalue weighted by Gasteiger charge is -2.26. The molecule has 0 unspecified atom stereocenters. The molecule has 30 heavy (non-hydrogen) atoms. The number of rotatable bonds is 8. The first-order chi connectivity index (χ1) is 14.2. The minimum atomic E-state index is -0.0665. The summed E-state index contributed by atoms with van der Waals surface area (Å²) in [5, 5.41) is 2.40. The van der Waals surface area contributed by atoms with Gasteiger partial charge in [-0.25, -0.2) is 0 Å². The summed E-state index contributed by atoms with van der Waals surface area (Å²) in [5.74, 6) is 0. The second-order valence-electron chi connectivity index (χ2n) is 9.53. The van der Waals surface area contributed by atoms with E-state index in [1.807, 2.05) is 0 Å². The Hall–Kier alpha value is -1.10. The zero-order chi connectivity index (χ0) is 22.0. The predicted molar refractivity (Wildman–Crippen MR) is 139 cm³/mol. The van der Waals surface area contributed by atoms with Crippen LogP contribution >= 0.6 is 15.8 Å². The van der Waals surface area contributed by atoms with E-state index in [4.69, 9.17) is 9.97 Å². The summed E-state index contributed by atoms with van der Waals surface area (Å²) in [6.07, 6.45) is 2.20. The van der Waals surface area contributed by atoms with Crippen molar-refractivity contribution < 1.29 is 0 Å². The van der Waals surface area contributed by atoms with Crippen molar-refractivity contribution in [1.82, 2.24) is 9.97 Å². The van der Waals surface area contributed by atoms with Crippen molar-refractivity contribution in [3.8, 4) is 0 Å². The highest BCUT2D eigenvalue weighted by molar-refractivity contribution is 7.58. The summed E-state index contributed by atoms with van der Waals surface area (Å²) >= 11 is 0. The van der Waals surface area contributed by atoms with Gasteiger partial charge in [-0.15, -0.1) is 0 Å². The molecular formula is C26H38N2P2. The summed E-state index contributed by atoms with van der Waals surface area (Å²) in [7, 11) is -0.133. The molecule has 0 atom stereocenters. The Morgan fingerprint density at radius 2 is 0.833 bits per heavy atom. The van der Waals surface area contributed by atoms with E-state index < -0.39 is 0 Å². The molecule has 0 saturated carbocycles. The summed E-state index contributed by atoms with van der Waals surface area (Å²) in [5.41, 5.74) is 7.49. The number of fused-ring (bicyclic) bond motifs is 3. The maximum Gasteiger partial charge on any atom is 0.0968 e. The van der Waals surface area contributed by atoms with Crippen LogP contribution in [0.2, 0.25) is 0 Å². The standard InChI is InChI=1S/C26H38N2P2/c1-17(2)29(18(3)4)15-23-13-11-21-9-10-22-12-14-24(28-26(22)25(21)27-23)16-30(19(5)6)20(7)8/h9-14,17-20H,15-16H2,1-8H3. The molecule has 0 radical (unpaired) electrons. The van der Waals surface area contributed by atoms with Crippen molar-refractivity contribution in [2.75, 3.05) is 0 Å². The van der Waals surface area contributed by atoms with Crippen molar-refractivity contribution in [2.24, 2.45) is 0 Å². The van der Waals surface area contributed by atoms with Crippen LogP contribution in [0.15, 0.2) is 36.4 Å². The van der Waals surface area contributed by atoms with Crippen LogP contribution in [0.1, 0.15) is 66.8 Å². The molecule has 0 aliphatic rings. The number of hydrogen-bond acceptors (Lipinski definition) is 2. The van der Waals surface area contributed by atoms with Crippen molar-refractivity contribution >= 4 is 37.6 Å². The van der Waals surface area contributed by atoms with Gasteiger partial charge in [-0.2, -0.15) is 0 Å². The third-order valence-electron chi connectivity index (χ3n) is 5.98. The zero-order valence-corrected chi connectivity index (χ0v) is 21.8. The second kappa shape index (κ2) is 10.0. The smallest absolute Gasteiger partial charge is 0.0968 e. The average molecular weight is 441 g/mol. The molecule has 0 aliphatic heterocycles. The number of nitrogens with zero attached hydrogens (tertiary/aromatic N) is 2. The Labute approximate surface area is 185 Å². The van der Waals surface area contributed by atoms with Gasteiger partial charge in [-0.3, -0.25) is 9.97 Å². The summed E-state index contributed by atoms with van der Waals surface area (Å²) < 4.78 is 0. The van der Waals surface area contributed by atoms with Crippen molar-refractivity contribution in [2.45, 2.75) is 90.3 Å². The summed E-state index contributed by atoms with van der Waals surface area (Å²) in [6.45, 7) is 18.9. The van der Waals surface area contributed by atoms with E-state index in [0.29, 0.717) is 0 Å². The molecule has 0 bridgehead atoms. The highest BCUT2D eigenvalue weighted by Gasteiger charge is 2.20. The molecule has 2 aromatic heterocycles. The molecule has 0 aliphatic carbocycles. The molecule has 3 rings (SSSR count). The Bertz CT molecular complexity index is 898. The van der Waals surface area contributed by atoms with Crippen LogP contribution in [0.4, 0.5) is 0 Å². The lowest BCUT2D eigenvalue weighted by molar-refractivity contribution is 0.988. The lowest BCUT2D eigenvalue weighted by atomic mass is 10.1. The lowest BCUT2D eigenvalue weighted by Crippen LogP contribution is -2.07. The van der Waals surface area contributed by atoms with Crippen LogP contribution in [0.5, 0.6) is 0 Å². The van der Waals surface area contributed by atoms with E-state index >= 15 is 0 Å². The highest BCUT2D eigenvalue weighted by atomic mass is 31.1. The van der Waals surface area contributed by atoms with E-state index in [1.165, 1.54) is 22.2 Å². The first-order valence-corrected chi connectivity index (χ1v) is 14.7. The fourth-order valence-corrected chi connectivity index (χ4v) is 9.27. The fourth-order valence-electron chi connectivity index (χ4n) is 4.32. The normalized spacial score (nSPS) is 12.7. The molecule has 0 spiro atoms. The van der Waals surface area contributed by atoms with Gasteiger partial charge in [0.15, 0.2) is 0 Å². The third kappa shape index (κ3) is 5.38. The first kappa shape index (κ1) is 23.6. The quantitative estimate of drug-likeness (QED) is 0.260. The first-order valence-electron chi connectivity index (χ1n) is 11.4. The van der Waals surface area contributed by atoms with Crippen LogP contribution in [-0.2, 0) is 12.3 Å². The van der Waals surface area contributed by atoms with Gasteiger partial charge in [0, 0.05) is 34.5 Å². The Morgan fingerprint density at radius 3 is 1.13 bits per heavy atom. The largest absolute Gasteiger partial charge is 0.250 e. The molecule has 4 heteroatoms. The predicted octanol–water partition coefficient (Wildman–Crippen LogP) is 8.38. The molecule has 3 aromatic rings. The maximum atomic E-state index is 5.16. The van der Waals surface area contributed by atoms with Gasteiger partial charge in [0.25, 0.3) is 0 Å². The van der Waals surface area contributed by atoms with Gasteiger partial charge in [0.1, 0.15) is 0 Å². The third-order valence-corrected chi connectivity index (χ3v) is 12.7. The van der Waals surface area contributed by atoms with Gasteiger partial charge >= 0.3 is 0 Å². The minimum absolute atomic E-state index is 0.0665. The van der Waals surface area contributed by atoms with Crippen LogP contribution in [0.25, 0.3) is 21.8 Å². The molecule has 0 N–H and O–H groups in total. The van der Waals surface area contributed by atoms with E-state index in [2.05, 4.69) is 91.8 Å². The van der Waals surface area contributed by atoms with E-state index in [-0.39, 0.29) is 15.8 Å². The zero-order valence-electron chi connectivity index (χ0n) is 20.0. The van der Waals surface area contributed by atoms with Gasteiger partial charge in [-0.05, 0) is 34.8 Å². The van der Waals surface area contributed by atoms with Crippen molar-refractivity contribution in [3.05, 3.63) is 47.8 Å². The average Bonchev–Trinajstić information content (AvgIpc) is 2.68. The summed E-state index contributed by atoms with van der Waals surface area (Å²) in [6, 6.07) is 13.3. The second-order valence-corrected chi connectivity index (χ2v) is 16.4. The Kier molecular flexibility index (Phi) is 7.86. The van der Waals surface area contributed by atoms with Gasteiger partial charge in [-0.1, -0.05) is 95.5 Å². The maximum absolute atomic E-state index is 5.16. The molecule has 0 amide bonds. The molecule has 162 valence electrons. The monoisotopic (exact) mass is 440 g/mol. The van der Waals surface area contributed by atoms with Crippen LogP contribution in [0, 0.1) is 0 Å². The topological polar surface area (TPSA) is 25.8 Å². The molecule has 2 heterocycles. The minimum Gasteiger partial charge on any atom is -0.250 e. The van der Waals surface area contributed by atoms with Crippen molar-refractivity contribution in [1.29, 1.82) is 0 Å². The molecule has 1 aromatic carbocycles. The SMILES string of the molecule is CC(C)P(Cc1ccc2ccc3ccc(CP(C(C)C)C(C)C)nc3c2n1)C(C)C. The number of benzene rings is 1. The van der Waals surface area contributed by atoms with Gasteiger partial charge in [0.05, 0.1) is 11.0 Å².